The molecule has 0 saturated heterocycles. The SMILES string of the molecule is C=C(C)CN1C(=O)COc2cc(NC(=O)c3cccc(F)c3)ccc21. The van der Waals surface area contributed by atoms with E-state index in [0.717, 1.165) is 11.6 Å². The first-order chi connectivity index (χ1) is 11.9. The van der Waals surface area contributed by atoms with Gasteiger partial charge in [-0.2, -0.15) is 0 Å². The van der Waals surface area contributed by atoms with Crippen LogP contribution in [0.5, 0.6) is 5.75 Å². The lowest BCUT2D eigenvalue weighted by molar-refractivity contribution is -0.121. The molecule has 6 heteroatoms. The Bertz CT molecular complexity index is 863. The molecule has 0 bridgehead atoms. The van der Waals surface area contributed by atoms with E-state index in [-0.39, 0.29) is 18.1 Å². The van der Waals surface area contributed by atoms with Crippen molar-refractivity contribution in [3.63, 3.8) is 0 Å². The van der Waals surface area contributed by atoms with Crippen LogP contribution >= 0.6 is 0 Å². The number of fused-ring (bicyclic) bond motifs is 1. The Kier molecular flexibility index (Phi) is 4.52. The maximum atomic E-state index is 13.2. The van der Waals surface area contributed by atoms with E-state index >= 15 is 0 Å². The Labute approximate surface area is 144 Å². The summed E-state index contributed by atoms with van der Waals surface area (Å²) in [6, 6.07) is 10.5. The highest BCUT2D eigenvalue weighted by molar-refractivity contribution is 6.05. The van der Waals surface area contributed by atoms with Crippen molar-refractivity contribution in [3.8, 4) is 5.75 Å². The summed E-state index contributed by atoms with van der Waals surface area (Å²) >= 11 is 0. The van der Waals surface area contributed by atoms with E-state index in [1.54, 1.807) is 23.1 Å². The number of nitrogens with zero attached hydrogens (tertiary/aromatic N) is 1. The van der Waals surface area contributed by atoms with Crippen molar-refractivity contribution < 1.29 is 18.7 Å². The number of hydrogen-bond acceptors (Lipinski definition) is 3. The summed E-state index contributed by atoms with van der Waals surface area (Å²) in [4.78, 5) is 25.8. The Balaban J connectivity index is 1.82. The van der Waals surface area contributed by atoms with E-state index in [1.807, 2.05) is 6.92 Å². The fourth-order valence-electron chi connectivity index (χ4n) is 2.56. The average molecular weight is 340 g/mol. The van der Waals surface area contributed by atoms with Gasteiger partial charge in [0, 0.05) is 23.9 Å². The zero-order valence-electron chi connectivity index (χ0n) is 13.7. The maximum absolute atomic E-state index is 13.2. The second-order valence-corrected chi connectivity index (χ2v) is 5.87. The highest BCUT2D eigenvalue weighted by atomic mass is 19.1. The number of halogens is 1. The molecule has 0 aliphatic carbocycles. The third kappa shape index (κ3) is 3.68. The number of carbonyl (C=O) groups is 2. The topological polar surface area (TPSA) is 58.6 Å². The fraction of sp³-hybridized carbons (Fsp3) is 0.158. The van der Waals surface area contributed by atoms with E-state index in [4.69, 9.17) is 4.74 Å². The lowest BCUT2D eigenvalue weighted by Gasteiger charge is -2.29. The highest BCUT2D eigenvalue weighted by Gasteiger charge is 2.25. The highest BCUT2D eigenvalue weighted by Crippen LogP contribution is 2.35. The predicted octanol–water partition coefficient (Wildman–Crippen LogP) is 3.38. The molecule has 2 aromatic rings. The number of hydrogen-bond donors (Lipinski definition) is 1. The second kappa shape index (κ2) is 6.76. The van der Waals surface area contributed by atoms with Crippen LogP contribution in [0.25, 0.3) is 0 Å². The Morgan fingerprint density at radius 3 is 2.84 bits per heavy atom. The fourth-order valence-corrected chi connectivity index (χ4v) is 2.56. The standard InChI is InChI=1S/C19H17FN2O3/c1-12(2)10-22-16-7-6-15(9-17(16)25-11-18(22)23)21-19(24)13-4-3-5-14(20)8-13/h3-9H,1,10-11H2,2H3,(H,21,24). The zero-order chi connectivity index (χ0) is 18.0. The van der Waals surface area contributed by atoms with Gasteiger partial charge in [0.15, 0.2) is 6.61 Å². The van der Waals surface area contributed by atoms with Gasteiger partial charge in [0.05, 0.1) is 5.69 Å². The molecular formula is C19H17FN2O3. The number of carbonyl (C=O) groups excluding carboxylic acids is 2. The number of ether oxygens (including phenoxy) is 1. The maximum Gasteiger partial charge on any atom is 0.265 e. The minimum atomic E-state index is -0.477. The number of rotatable bonds is 4. The molecular weight excluding hydrogens is 323 g/mol. The van der Waals surface area contributed by atoms with Crippen molar-refractivity contribution in [1.82, 2.24) is 0 Å². The van der Waals surface area contributed by atoms with Crippen molar-refractivity contribution in [2.24, 2.45) is 0 Å². The monoisotopic (exact) mass is 340 g/mol. The van der Waals surface area contributed by atoms with Crippen LogP contribution in [0.2, 0.25) is 0 Å². The van der Waals surface area contributed by atoms with Gasteiger partial charge in [-0.05, 0) is 37.3 Å². The lowest BCUT2D eigenvalue weighted by atomic mass is 10.1. The largest absolute Gasteiger partial charge is 0.481 e. The van der Waals surface area contributed by atoms with Gasteiger partial charge in [-0.15, -0.1) is 0 Å². The van der Waals surface area contributed by atoms with Crippen molar-refractivity contribution in [2.75, 3.05) is 23.4 Å². The first kappa shape index (κ1) is 16.7. The molecule has 128 valence electrons. The number of nitrogens with one attached hydrogen (secondary N) is 1. The van der Waals surface area contributed by atoms with Gasteiger partial charge >= 0.3 is 0 Å². The molecule has 2 aromatic carbocycles. The van der Waals surface area contributed by atoms with Crippen LogP contribution in [0.4, 0.5) is 15.8 Å². The van der Waals surface area contributed by atoms with Crippen molar-refractivity contribution >= 4 is 23.2 Å². The molecule has 0 radical (unpaired) electrons. The molecule has 25 heavy (non-hydrogen) atoms. The molecule has 3 rings (SSSR count). The molecule has 1 heterocycles. The lowest BCUT2D eigenvalue weighted by Crippen LogP contribution is -2.39. The van der Waals surface area contributed by atoms with Crippen molar-refractivity contribution in [1.29, 1.82) is 0 Å². The molecule has 0 atom stereocenters. The molecule has 1 N–H and O–H groups in total. The molecule has 0 saturated carbocycles. The van der Waals surface area contributed by atoms with Crippen LogP contribution in [0.3, 0.4) is 0 Å². The summed E-state index contributed by atoms with van der Waals surface area (Å²) in [7, 11) is 0. The minimum Gasteiger partial charge on any atom is -0.481 e. The molecule has 1 aliphatic rings. The van der Waals surface area contributed by atoms with Crippen molar-refractivity contribution in [3.05, 3.63) is 66.0 Å². The minimum absolute atomic E-state index is 0.0679. The third-order valence-electron chi connectivity index (χ3n) is 3.68. The molecule has 5 nitrogen and oxygen atoms in total. The normalized spacial score (nSPS) is 13.0. The summed E-state index contributed by atoms with van der Waals surface area (Å²) in [5.74, 6) is -0.551. The summed E-state index contributed by atoms with van der Waals surface area (Å²) in [5, 5.41) is 2.70. The third-order valence-corrected chi connectivity index (χ3v) is 3.68. The van der Waals surface area contributed by atoms with E-state index in [0.29, 0.717) is 23.7 Å². The number of amides is 2. The zero-order valence-corrected chi connectivity index (χ0v) is 13.7. The Morgan fingerprint density at radius 1 is 1.32 bits per heavy atom. The van der Waals surface area contributed by atoms with Gasteiger partial charge < -0.3 is 15.0 Å². The average Bonchev–Trinajstić information content (AvgIpc) is 2.57. The smallest absolute Gasteiger partial charge is 0.265 e. The predicted molar refractivity (Wildman–Crippen MR) is 93.5 cm³/mol. The summed E-state index contributed by atoms with van der Waals surface area (Å²) in [6.45, 7) is 6.01. The van der Waals surface area contributed by atoms with Crippen LogP contribution in [-0.4, -0.2) is 25.0 Å². The van der Waals surface area contributed by atoms with Gasteiger partial charge in [-0.25, -0.2) is 4.39 Å². The van der Waals surface area contributed by atoms with Crippen LogP contribution < -0.4 is 15.0 Å². The Morgan fingerprint density at radius 2 is 2.12 bits per heavy atom. The van der Waals surface area contributed by atoms with Crippen molar-refractivity contribution in [2.45, 2.75) is 6.92 Å². The van der Waals surface area contributed by atoms with E-state index < -0.39 is 11.7 Å². The molecule has 2 amide bonds. The van der Waals surface area contributed by atoms with Gasteiger partial charge in [-0.1, -0.05) is 18.2 Å². The molecule has 0 spiro atoms. The van der Waals surface area contributed by atoms with E-state index in [1.165, 1.54) is 18.2 Å². The first-order valence-electron chi connectivity index (χ1n) is 7.72. The number of benzene rings is 2. The van der Waals surface area contributed by atoms with Gasteiger partial charge in [0.25, 0.3) is 11.8 Å². The van der Waals surface area contributed by atoms with E-state index in [2.05, 4.69) is 11.9 Å². The van der Waals surface area contributed by atoms with Gasteiger partial charge in [0.1, 0.15) is 11.6 Å². The second-order valence-electron chi connectivity index (χ2n) is 5.87. The van der Waals surface area contributed by atoms with Crippen LogP contribution in [-0.2, 0) is 4.79 Å². The van der Waals surface area contributed by atoms with Crippen LogP contribution in [0, 0.1) is 5.82 Å². The quantitative estimate of drug-likeness (QED) is 0.868. The van der Waals surface area contributed by atoms with Crippen LogP contribution in [0.15, 0.2) is 54.6 Å². The molecule has 1 aliphatic heterocycles. The Hall–Kier alpha value is -3.15. The summed E-state index contributed by atoms with van der Waals surface area (Å²) in [6.07, 6.45) is 0. The summed E-state index contributed by atoms with van der Waals surface area (Å²) < 4.78 is 18.7. The molecule has 0 unspecified atom stereocenters. The van der Waals surface area contributed by atoms with Crippen LogP contribution in [0.1, 0.15) is 17.3 Å². The number of anilines is 2. The molecule has 0 fully saturated rings. The van der Waals surface area contributed by atoms with Gasteiger partial charge in [-0.3, -0.25) is 9.59 Å². The first-order valence-corrected chi connectivity index (χ1v) is 7.72. The summed E-state index contributed by atoms with van der Waals surface area (Å²) in [5.41, 5.74) is 2.20. The van der Waals surface area contributed by atoms with Gasteiger partial charge in [0.2, 0.25) is 0 Å². The molecule has 0 aromatic heterocycles. The van der Waals surface area contributed by atoms with E-state index in [9.17, 15) is 14.0 Å².